The van der Waals surface area contributed by atoms with Crippen molar-refractivity contribution >= 4 is 0 Å². The predicted molar refractivity (Wildman–Crippen MR) is 72.8 cm³/mol. The molecule has 0 radical (unpaired) electrons. The Morgan fingerprint density at radius 2 is 1.78 bits per heavy atom. The van der Waals surface area contributed by atoms with Gasteiger partial charge in [0.1, 0.15) is 0 Å². The fourth-order valence-electron chi connectivity index (χ4n) is 3.06. The van der Waals surface area contributed by atoms with Crippen LogP contribution in [-0.4, -0.2) is 73.5 Å². The third-order valence-electron chi connectivity index (χ3n) is 4.19. The van der Waals surface area contributed by atoms with Gasteiger partial charge in [0.05, 0.1) is 13.2 Å². The second kappa shape index (κ2) is 8.10. The van der Waals surface area contributed by atoms with Crippen LogP contribution < -0.4 is 0 Å². The van der Waals surface area contributed by atoms with Crippen LogP contribution in [0.2, 0.25) is 0 Å². The van der Waals surface area contributed by atoms with E-state index in [2.05, 4.69) is 9.80 Å². The quantitative estimate of drug-likeness (QED) is 0.688. The maximum absolute atomic E-state index is 8.73. The van der Waals surface area contributed by atoms with Gasteiger partial charge in [-0.1, -0.05) is 12.8 Å². The number of aliphatic hydroxyl groups excluding tert-OH is 1. The van der Waals surface area contributed by atoms with Gasteiger partial charge >= 0.3 is 0 Å². The fraction of sp³-hybridized carbons (Fsp3) is 1.00. The maximum Gasteiger partial charge on any atom is 0.0594 e. The van der Waals surface area contributed by atoms with Crippen LogP contribution in [0.15, 0.2) is 0 Å². The van der Waals surface area contributed by atoms with Crippen molar-refractivity contribution in [3.63, 3.8) is 0 Å². The first-order valence-electron chi connectivity index (χ1n) is 7.55. The standard InChI is InChI=1S/C14H28N2O2/c17-10-4-2-1-3-6-15-7-5-14(13-15)16-8-11-18-12-9-16/h14,17H,1-13H2. The molecule has 0 aromatic carbocycles. The van der Waals surface area contributed by atoms with Gasteiger partial charge in [0.2, 0.25) is 0 Å². The van der Waals surface area contributed by atoms with E-state index in [1.54, 1.807) is 0 Å². The van der Waals surface area contributed by atoms with E-state index < -0.39 is 0 Å². The molecule has 0 bridgehead atoms. The molecule has 4 nitrogen and oxygen atoms in total. The summed E-state index contributed by atoms with van der Waals surface area (Å²) in [5.74, 6) is 0. The minimum absolute atomic E-state index is 0.350. The molecule has 1 atom stereocenters. The first-order chi connectivity index (χ1) is 8.90. The number of aliphatic hydroxyl groups is 1. The number of hydrogen-bond donors (Lipinski definition) is 1. The van der Waals surface area contributed by atoms with Gasteiger partial charge in [-0.3, -0.25) is 4.90 Å². The number of likely N-dealkylation sites (tertiary alicyclic amines) is 1. The van der Waals surface area contributed by atoms with E-state index in [0.717, 1.165) is 38.8 Å². The van der Waals surface area contributed by atoms with Gasteiger partial charge in [-0.05, 0) is 32.4 Å². The Labute approximate surface area is 111 Å². The smallest absolute Gasteiger partial charge is 0.0594 e. The average molecular weight is 256 g/mol. The molecule has 0 aromatic rings. The van der Waals surface area contributed by atoms with Crippen LogP contribution in [0.5, 0.6) is 0 Å². The van der Waals surface area contributed by atoms with Crippen molar-refractivity contribution < 1.29 is 9.84 Å². The molecule has 0 aliphatic carbocycles. The SMILES string of the molecule is OCCCCCCN1CCC(N2CCOCC2)C1. The molecule has 0 spiro atoms. The van der Waals surface area contributed by atoms with E-state index in [9.17, 15) is 0 Å². The van der Waals surface area contributed by atoms with E-state index in [4.69, 9.17) is 9.84 Å². The van der Waals surface area contributed by atoms with Gasteiger partial charge in [0.25, 0.3) is 0 Å². The molecule has 0 aromatic heterocycles. The van der Waals surface area contributed by atoms with Crippen molar-refractivity contribution in [1.82, 2.24) is 9.80 Å². The fourth-order valence-corrected chi connectivity index (χ4v) is 3.06. The highest BCUT2D eigenvalue weighted by Crippen LogP contribution is 2.17. The molecule has 2 aliphatic rings. The molecular weight excluding hydrogens is 228 g/mol. The van der Waals surface area contributed by atoms with E-state index in [0.29, 0.717) is 6.61 Å². The molecule has 18 heavy (non-hydrogen) atoms. The van der Waals surface area contributed by atoms with Gasteiger partial charge in [-0.25, -0.2) is 0 Å². The maximum atomic E-state index is 8.73. The minimum atomic E-state index is 0.350. The lowest BCUT2D eigenvalue weighted by Gasteiger charge is -2.32. The third kappa shape index (κ3) is 4.50. The van der Waals surface area contributed by atoms with Crippen molar-refractivity contribution in [2.24, 2.45) is 0 Å². The summed E-state index contributed by atoms with van der Waals surface area (Å²) in [4.78, 5) is 5.22. The second-order valence-corrected chi connectivity index (χ2v) is 5.53. The van der Waals surface area contributed by atoms with Crippen LogP contribution in [0.25, 0.3) is 0 Å². The number of rotatable bonds is 7. The van der Waals surface area contributed by atoms with E-state index in [1.807, 2.05) is 0 Å². The van der Waals surface area contributed by atoms with Crippen molar-refractivity contribution in [1.29, 1.82) is 0 Å². The van der Waals surface area contributed by atoms with E-state index >= 15 is 0 Å². The predicted octanol–water partition coefficient (Wildman–Crippen LogP) is 0.946. The molecule has 0 saturated carbocycles. The van der Waals surface area contributed by atoms with Crippen LogP contribution in [-0.2, 0) is 4.74 Å². The van der Waals surface area contributed by atoms with Crippen molar-refractivity contribution in [2.75, 3.05) is 52.5 Å². The van der Waals surface area contributed by atoms with Crippen LogP contribution in [0, 0.1) is 0 Å². The van der Waals surface area contributed by atoms with E-state index in [-0.39, 0.29) is 0 Å². The number of ether oxygens (including phenoxy) is 1. The highest BCUT2D eigenvalue weighted by atomic mass is 16.5. The summed E-state index contributed by atoms with van der Waals surface area (Å²) in [7, 11) is 0. The Hall–Kier alpha value is -0.160. The van der Waals surface area contributed by atoms with Gasteiger partial charge in [-0.15, -0.1) is 0 Å². The van der Waals surface area contributed by atoms with Crippen LogP contribution in [0.4, 0.5) is 0 Å². The molecule has 1 unspecified atom stereocenters. The Morgan fingerprint density at radius 1 is 1.00 bits per heavy atom. The molecule has 2 aliphatic heterocycles. The Morgan fingerprint density at radius 3 is 2.56 bits per heavy atom. The van der Waals surface area contributed by atoms with Crippen molar-refractivity contribution in [3.8, 4) is 0 Å². The van der Waals surface area contributed by atoms with Crippen molar-refractivity contribution in [3.05, 3.63) is 0 Å². The topological polar surface area (TPSA) is 35.9 Å². The second-order valence-electron chi connectivity index (χ2n) is 5.53. The van der Waals surface area contributed by atoms with Gasteiger partial charge in [0.15, 0.2) is 0 Å². The number of hydrogen-bond acceptors (Lipinski definition) is 4. The van der Waals surface area contributed by atoms with Crippen LogP contribution in [0.1, 0.15) is 32.1 Å². The molecule has 2 saturated heterocycles. The zero-order valence-electron chi connectivity index (χ0n) is 11.5. The lowest BCUT2D eigenvalue weighted by molar-refractivity contribution is 0.0185. The minimum Gasteiger partial charge on any atom is -0.396 e. The van der Waals surface area contributed by atoms with Gasteiger partial charge in [-0.2, -0.15) is 0 Å². The van der Waals surface area contributed by atoms with Crippen LogP contribution >= 0.6 is 0 Å². The Bertz CT molecular complexity index is 220. The highest BCUT2D eigenvalue weighted by molar-refractivity contribution is 4.84. The van der Waals surface area contributed by atoms with E-state index in [1.165, 1.54) is 45.3 Å². The summed E-state index contributed by atoms with van der Waals surface area (Å²) in [5.41, 5.74) is 0. The largest absolute Gasteiger partial charge is 0.396 e. The molecule has 2 heterocycles. The first kappa shape index (κ1) is 14.3. The first-order valence-corrected chi connectivity index (χ1v) is 7.55. The molecule has 0 amide bonds. The summed E-state index contributed by atoms with van der Waals surface area (Å²) >= 11 is 0. The molecular formula is C14H28N2O2. The zero-order chi connectivity index (χ0) is 12.6. The Kier molecular flexibility index (Phi) is 6.41. The average Bonchev–Trinajstić information content (AvgIpc) is 2.88. The lowest BCUT2D eigenvalue weighted by Crippen LogP contribution is -2.44. The summed E-state index contributed by atoms with van der Waals surface area (Å²) < 4.78 is 5.41. The molecule has 2 fully saturated rings. The Balaban J connectivity index is 1.56. The van der Waals surface area contributed by atoms with Gasteiger partial charge in [0, 0.05) is 32.3 Å². The molecule has 106 valence electrons. The summed E-state index contributed by atoms with van der Waals surface area (Å²) in [6.07, 6.45) is 6.03. The monoisotopic (exact) mass is 256 g/mol. The summed E-state index contributed by atoms with van der Waals surface area (Å²) in [5, 5.41) is 8.73. The summed E-state index contributed by atoms with van der Waals surface area (Å²) in [6.45, 7) is 8.18. The number of nitrogens with zero attached hydrogens (tertiary/aromatic N) is 2. The highest BCUT2D eigenvalue weighted by Gasteiger charge is 2.28. The van der Waals surface area contributed by atoms with Gasteiger partial charge < -0.3 is 14.7 Å². The normalized spacial score (nSPS) is 26.8. The number of unbranched alkanes of at least 4 members (excludes halogenated alkanes) is 3. The summed E-state index contributed by atoms with van der Waals surface area (Å²) in [6, 6.07) is 0.770. The number of morpholine rings is 1. The lowest BCUT2D eigenvalue weighted by atomic mass is 10.2. The van der Waals surface area contributed by atoms with Crippen LogP contribution in [0.3, 0.4) is 0 Å². The van der Waals surface area contributed by atoms with Crippen molar-refractivity contribution in [2.45, 2.75) is 38.1 Å². The third-order valence-corrected chi connectivity index (χ3v) is 4.19. The molecule has 1 N–H and O–H groups in total. The zero-order valence-corrected chi connectivity index (χ0v) is 11.5. The molecule has 2 rings (SSSR count). The molecule has 4 heteroatoms.